The first kappa shape index (κ1) is 12.1. The minimum atomic E-state index is 0.424. The quantitative estimate of drug-likeness (QED) is 0.827. The maximum atomic E-state index is 5.81. The van der Waals surface area contributed by atoms with E-state index in [0.29, 0.717) is 17.8 Å². The molecule has 0 radical (unpaired) electrons. The summed E-state index contributed by atoms with van der Waals surface area (Å²) in [5, 5.41) is 3.45. The molecule has 1 fully saturated rings. The summed E-state index contributed by atoms with van der Waals surface area (Å²) in [6, 6.07) is 2.25. The fourth-order valence-corrected chi connectivity index (χ4v) is 2.40. The summed E-state index contributed by atoms with van der Waals surface area (Å²) in [5.74, 6) is 1.95. The van der Waals surface area contributed by atoms with Crippen molar-refractivity contribution in [2.24, 2.45) is 11.7 Å². The topological polar surface area (TPSA) is 73.1 Å². The van der Waals surface area contributed by atoms with Gasteiger partial charge in [0, 0.05) is 12.1 Å². The van der Waals surface area contributed by atoms with E-state index in [0.717, 1.165) is 18.8 Å². The average molecular weight is 236 g/mol. The number of ether oxygens (including phenoxy) is 1. The Kier molecular flexibility index (Phi) is 4.14. The van der Waals surface area contributed by atoms with E-state index in [1.54, 1.807) is 7.11 Å². The van der Waals surface area contributed by atoms with Crippen molar-refractivity contribution in [3.05, 3.63) is 12.4 Å². The van der Waals surface area contributed by atoms with Crippen LogP contribution in [-0.4, -0.2) is 29.7 Å². The Morgan fingerprint density at radius 3 is 3.00 bits per heavy atom. The predicted octanol–water partition coefficient (Wildman–Crippen LogP) is 1.41. The molecule has 0 bridgehead atoms. The number of hydrogen-bond acceptors (Lipinski definition) is 5. The Labute approximate surface area is 102 Å². The Morgan fingerprint density at radius 2 is 2.24 bits per heavy atom. The minimum Gasteiger partial charge on any atom is -0.481 e. The first-order valence-corrected chi connectivity index (χ1v) is 6.16. The summed E-state index contributed by atoms with van der Waals surface area (Å²) < 4.78 is 5.08. The van der Waals surface area contributed by atoms with E-state index < -0.39 is 0 Å². The highest BCUT2D eigenvalue weighted by atomic mass is 16.5. The Bertz CT molecular complexity index is 358. The number of hydrogen-bond donors (Lipinski definition) is 2. The maximum absolute atomic E-state index is 5.81. The molecule has 5 heteroatoms. The van der Waals surface area contributed by atoms with E-state index >= 15 is 0 Å². The predicted molar refractivity (Wildman–Crippen MR) is 67.0 cm³/mol. The van der Waals surface area contributed by atoms with Crippen LogP contribution in [0.1, 0.15) is 25.7 Å². The smallest absolute Gasteiger partial charge is 0.218 e. The number of aromatic nitrogens is 2. The summed E-state index contributed by atoms with van der Waals surface area (Å²) in [7, 11) is 1.61. The zero-order chi connectivity index (χ0) is 12.1. The van der Waals surface area contributed by atoms with Crippen molar-refractivity contribution in [2.45, 2.75) is 31.7 Å². The third-order valence-corrected chi connectivity index (χ3v) is 3.40. The van der Waals surface area contributed by atoms with Crippen molar-refractivity contribution in [3.63, 3.8) is 0 Å². The van der Waals surface area contributed by atoms with Crippen molar-refractivity contribution in [1.29, 1.82) is 0 Å². The van der Waals surface area contributed by atoms with E-state index in [1.165, 1.54) is 25.6 Å². The number of rotatable bonds is 4. The molecule has 1 aromatic rings. The summed E-state index contributed by atoms with van der Waals surface area (Å²) >= 11 is 0. The van der Waals surface area contributed by atoms with Gasteiger partial charge in [-0.15, -0.1) is 0 Å². The number of methoxy groups -OCH3 is 1. The van der Waals surface area contributed by atoms with Gasteiger partial charge in [-0.2, -0.15) is 0 Å². The lowest BCUT2D eigenvalue weighted by molar-refractivity contribution is 0.332. The highest BCUT2D eigenvalue weighted by Gasteiger charge is 2.24. The second-order valence-electron chi connectivity index (χ2n) is 4.48. The van der Waals surface area contributed by atoms with Gasteiger partial charge in [-0.25, -0.2) is 9.97 Å². The van der Waals surface area contributed by atoms with Gasteiger partial charge < -0.3 is 15.8 Å². The van der Waals surface area contributed by atoms with Gasteiger partial charge in [0.05, 0.1) is 7.11 Å². The summed E-state index contributed by atoms with van der Waals surface area (Å²) in [6.07, 6.45) is 6.43. The summed E-state index contributed by atoms with van der Waals surface area (Å²) in [5.41, 5.74) is 5.81. The summed E-state index contributed by atoms with van der Waals surface area (Å²) in [6.45, 7) is 0.736. The van der Waals surface area contributed by atoms with Gasteiger partial charge in [0.25, 0.3) is 0 Å². The highest BCUT2D eigenvalue weighted by molar-refractivity contribution is 5.38. The van der Waals surface area contributed by atoms with Crippen LogP contribution in [0.3, 0.4) is 0 Å². The van der Waals surface area contributed by atoms with Crippen LogP contribution in [0.4, 0.5) is 5.82 Å². The highest BCUT2D eigenvalue weighted by Crippen LogP contribution is 2.26. The van der Waals surface area contributed by atoms with Crippen LogP contribution in [0.5, 0.6) is 5.88 Å². The number of nitrogens with two attached hydrogens (primary N) is 1. The van der Waals surface area contributed by atoms with E-state index in [-0.39, 0.29) is 0 Å². The monoisotopic (exact) mass is 236 g/mol. The molecular weight excluding hydrogens is 216 g/mol. The first-order valence-electron chi connectivity index (χ1n) is 6.16. The first-order chi connectivity index (χ1) is 8.33. The van der Waals surface area contributed by atoms with Gasteiger partial charge in [-0.1, -0.05) is 12.8 Å². The zero-order valence-corrected chi connectivity index (χ0v) is 10.2. The Morgan fingerprint density at radius 1 is 1.41 bits per heavy atom. The molecule has 1 aromatic heterocycles. The van der Waals surface area contributed by atoms with Crippen LogP contribution in [0, 0.1) is 5.92 Å². The second-order valence-corrected chi connectivity index (χ2v) is 4.48. The third-order valence-electron chi connectivity index (χ3n) is 3.40. The minimum absolute atomic E-state index is 0.424. The van der Waals surface area contributed by atoms with E-state index in [2.05, 4.69) is 15.3 Å². The van der Waals surface area contributed by atoms with Crippen molar-refractivity contribution < 1.29 is 4.74 Å². The molecule has 2 rings (SSSR count). The fraction of sp³-hybridized carbons (Fsp3) is 0.667. The van der Waals surface area contributed by atoms with Crippen LogP contribution < -0.4 is 15.8 Å². The molecule has 0 aliphatic heterocycles. The SMILES string of the molecule is COc1cc(NC2CCCCC2CN)ncn1. The molecule has 17 heavy (non-hydrogen) atoms. The molecule has 5 nitrogen and oxygen atoms in total. The number of anilines is 1. The maximum Gasteiger partial charge on any atom is 0.218 e. The van der Waals surface area contributed by atoms with Gasteiger partial charge in [0.2, 0.25) is 5.88 Å². The number of nitrogens with one attached hydrogen (secondary N) is 1. The van der Waals surface area contributed by atoms with Crippen molar-refractivity contribution in [3.8, 4) is 5.88 Å². The molecule has 2 atom stereocenters. The van der Waals surface area contributed by atoms with Crippen LogP contribution in [0.2, 0.25) is 0 Å². The molecule has 1 aliphatic rings. The molecule has 1 aliphatic carbocycles. The molecular formula is C12H20N4O. The van der Waals surface area contributed by atoms with Gasteiger partial charge in [0.1, 0.15) is 12.1 Å². The van der Waals surface area contributed by atoms with Gasteiger partial charge in [-0.05, 0) is 25.3 Å². The largest absolute Gasteiger partial charge is 0.481 e. The molecule has 0 spiro atoms. The van der Waals surface area contributed by atoms with E-state index in [1.807, 2.05) is 6.07 Å². The van der Waals surface area contributed by atoms with Crippen molar-refractivity contribution in [1.82, 2.24) is 9.97 Å². The summed E-state index contributed by atoms with van der Waals surface area (Å²) in [4.78, 5) is 8.20. The van der Waals surface area contributed by atoms with E-state index in [9.17, 15) is 0 Å². The van der Waals surface area contributed by atoms with Crippen LogP contribution in [0.25, 0.3) is 0 Å². The molecule has 3 N–H and O–H groups in total. The third kappa shape index (κ3) is 3.06. The Balaban J connectivity index is 2.02. The molecule has 1 saturated carbocycles. The van der Waals surface area contributed by atoms with Gasteiger partial charge in [0.15, 0.2) is 0 Å². The lowest BCUT2D eigenvalue weighted by atomic mass is 9.84. The van der Waals surface area contributed by atoms with Gasteiger partial charge in [-0.3, -0.25) is 0 Å². The fourth-order valence-electron chi connectivity index (χ4n) is 2.40. The molecule has 0 saturated heterocycles. The number of nitrogens with zero attached hydrogens (tertiary/aromatic N) is 2. The lowest BCUT2D eigenvalue weighted by Crippen LogP contribution is -2.36. The molecule has 0 aromatic carbocycles. The van der Waals surface area contributed by atoms with Crippen LogP contribution >= 0.6 is 0 Å². The van der Waals surface area contributed by atoms with Crippen LogP contribution in [-0.2, 0) is 0 Å². The van der Waals surface area contributed by atoms with Crippen molar-refractivity contribution in [2.75, 3.05) is 19.0 Å². The van der Waals surface area contributed by atoms with Gasteiger partial charge >= 0.3 is 0 Å². The van der Waals surface area contributed by atoms with Crippen LogP contribution in [0.15, 0.2) is 12.4 Å². The molecule has 2 unspecified atom stereocenters. The standard InChI is InChI=1S/C12H20N4O/c1-17-12-6-11(14-8-15-12)16-10-5-3-2-4-9(10)7-13/h6,8-10H,2-5,7,13H2,1H3,(H,14,15,16). The molecule has 94 valence electrons. The zero-order valence-electron chi connectivity index (χ0n) is 10.2. The van der Waals surface area contributed by atoms with E-state index in [4.69, 9.17) is 10.5 Å². The van der Waals surface area contributed by atoms with Crippen molar-refractivity contribution >= 4 is 5.82 Å². The second kappa shape index (κ2) is 5.82. The average Bonchev–Trinajstić information content (AvgIpc) is 2.39. The molecule has 1 heterocycles. The Hall–Kier alpha value is -1.36. The normalized spacial score (nSPS) is 24.4. The lowest BCUT2D eigenvalue weighted by Gasteiger charge is -2.31. The molecule has 0 amide bonds.